The molecule has 0 amide bonds. The normalized spacial score (nSPS) is 20.8. The van der Waals surface area contributed by atoms with Crippen LogP contribution in [0.2, 0.25) is 0 Å². The molecule has 1 aliphatic heterocycles. The van der Waals surface area contributed by atoms with Gasteiger partial charge in [0.05, 0.1) is 6.61 Å². The molecule has 154 valence electrons. The summed E-state index contributed by atoms with van der Waals surface area (Å²) in [6.07, 6.45) is 5.62. The number of hydrogen-bond donors (Lipinski definition) is 0. The minimum atomic E-state index is -0.00915. The molecule has 0 aliphatic carbocycles. The minimum Gasteiger partial charge on any atom is -0.381 e. The van der Waals surface area contributed by atoms with Crippen molar-refractivity contribution >= 4 is 11.3 Å². The SMILES string of the molecule is CCOC[C@]1(CCc2cc(C)c(C)s2)CCN(C(C)(C)c2ccc(C)nc2)C1. The summed E-state index contributed by atoms with van der Waals surface area (Å²) in [4.78, 5) is 10.2. The van der Waals surface area contributed by atoms with Gasteiger partial charge in [-0.25, -0.2) is 0 Å². The van der Waals surface area contributed by atoms with Crippen molar-refractivity contribution in [2.75, 3.05) is 26.3 Å². The predicted octanol–water partition coefficient (Wildman–Crippen LogP) is 5.66. The third-order valence-corrected chi connectivity index (χ3v) is 7.79. The summed E-state index contributed by atoms with van der Waals surface area (Å²) < 4.78 is 5.98. The Labute approximate surface area is 175 Å². The second kappa shape index (κ2) is 8.64. The van der Waals surface area contributed by atoms with Crippen LogP contribution in [-0.4, -0.2) is 36.2 Å². The lowest BCUT2D eigenvalue weighted by molar-refractivity contribution is 0.0386. The lowest BCUT2D eigenvalue weighted by Crippen LogP contribution is -2.42. The van der Waals surface area contributed by atoms with E-state index < -0.39 is 0 Å². The number of hydrogen-bond acceptors (Lipinski definition) is 4. The number of rotatable bonds is 8. The molecule has 1 fully saturated rings. The lowest BCUT2D eigenvalue weighted by Gasteiger charge is -2.38. The second-order valence-corrected chi connectivity index (χ2v) is 10.3. The van der Waals surface area contributed by atoms with Crippen molar-refractivity contribution in [3.8, 4) is 0 Å². The average molecular weight is 401 g/mol. The third kappa shape index (κ3) is 4.67. The molecule has 0 radical (unpaired) electrons. The summed E-state index contributed by atoms with van der Waals surface area (Å²) >= 11 is 1.96. The van der Waals surface area contributed by atoms with E-state index in [0.29, 0.717) is 0 Å². The molecule has 1 atom stereocenters. The van der Waals surface area contributed by atoms with E-state index in [1.165, 1.54) is 33.7 Å². The van der Waals surface area contributed by atoms with Gasteiger partial charge in [-0.2, -0.15) is 0 Å². The molecule has 0 bridgehead atoms. The number of nitrogens with zero attached hydrogens (tertiary/aromatic N) is 2. The number of thiophene rings is 1. The van der Waals surface area contributed by atoms with E-state index >= 15 is 0 Å². The molecular weight excluding hydrogens is 364 g/mol. The van der Waals surface area contributed by atoms with Gasteiger partial charge >= 0.3 is 0 Å². The van der Waals surface area contributed by atoms with Crippen molar-refractivity contribution in [3.05, 3.63) is 51.0 Å². The Morgan fingerprint density at radius 1 is 1.25 bits per heavy atom. The summed E-state index contributed by atoms with van der Waals surface area (Å²) in [5.41, 5.74) is 4.05. The number of aromatic nitrogens is 1. The molecule has 3 heterocycles. The first-order valence-corrected chi connectivity index (χ1v) is 11.4. The van der Waals surface area contributed by atoms with Crippen LogP contribution < -0.4 is 0 Å². The molecule has 0 N–H and O–H groups in total. The molecule has 1 saturated heterocycles. The molecule has 1 aliphatic rings. The second-order valence-electron chi connectivity index (χ2n) is 9.01. The van der Waals surface area contributed by atoms with E-state index in [0.717, 1.165) is 38.4 Å². The zero-order valence-electron chi connectivity index (χ0n) is 18.5. The van der Waals surface area contributed by atoms with Crippen LogP contribution in [0.25, 0.3) is 0 Å². The van der Waals surface area contributed by atoms with E-state index in [-0.39, 0.29) is 11.0 Å². The molecule has 2 aromatic heterocycles. The average Bonchev–Trinajstić information content (AvgIpc) is 3.23. The highest BCUT2D eigenvalue weighted by atomic mass is 32.1. The van der Waals surface area contributed by atoms with Gasteiger partial charge in [0.25, 0.3) is 0 Å². The first-order valence-electron chi connectivity index (χ1n) is 10.6. The van der Waals surface area contributed by atoms with Crippen LogP contribution in [-0.2, 0) is 16.7 Å². The molecular formula is C24H36N2OS. The van der Waals surface area contributed by atoms with Gasteiger partial charge in [0.1, 0.15) is 0 Å². The zero-order valence-corrected chi connectivity index (χ0v) is 19.3. The number of likely N-dealkylation sites (tertiary alicyclic amines) is 1. The molecule has 0 spiro atoms. The topological polar surface area (TPSA) is 25.4 Å². The van der Waals surface area contributed by atoms with Crippen LogP contribution in [0.4, 0.5) is 0 Å². The minimum absolute atomic E-state index is 0.00915. The van der Waals surface area contributed by atoms with Gasteiger partial charge in [0.2, 0.25) is 0 Å². The van der Waals surface area contributed by atoms with E-state index in [4.69, 9.17) is 4.74 Å². The monoisotopic (exact) mass is 400 g/mol. The van der Waals surface area contributed by atoms with Crippen LogP contribution in [0.5, 0.6) is 0 Å². The van der Waals surface area contributed by atoms with E-state index in [1.54, 1.807) is 0 Å². The summed E-state index contributed by atoms with van der Waals surface area (Å²) in [7, 11) is 0. The Kier molecular flexibility index (Phi) is 6.63. The first kappa shape index (κ1) is 21.5. The first-order chi connectivity index (χ1) is 13.3. The van der Waals surface area contributed by atoms with Crippen LogP contribution in [0.15, 0.2) is 24.4 Å². The summed E-state index contributed by atoms with van der Waals surface area (Å²) in [6, 6.07) is 6.74. The Balaban J connectivity index is 1.74. The number of ether oxygens (including phenoxy) is 1. The van der Waals surface area contributed by atoms with Crippen molar-refractivity contribution in [3.63, 3.8) is 0 Å². The van der Waals surface area contributed by atoms with Crippen molar-refractivity contribution in [2.45, 2.75) is 66.3 Å². The zero-order chi connectivity index (χ0) is 20.4. The smallest absolute Gasteiger partial charge is 0.0535 e. The van der Waals surface area contributed by atoms with Gasteiger partial charge < -0.3 is 4.74 Å². The Hall–Kier alpha value is -1.23. The Bertz CT molecular complexity index is 761. The highest BCUT2D eigenvalue weighted by molar-refractivity contribution is 7.12. The highest BCUT2D eigenvalue weighted by Gasteiger charge is 2.43. The van der Waals surface area contributed by atoms with Crippen LogP contribution >= 0.6 is 11.3 Å². The number of pyridine rings is 1. The van der Waals surface area contributed by atoms with Crippen molar-refractivity contribution in [1.82, 2.24) is 9.88 Å². The molecule has 0 unspecified atom stereocenters. The van der Waals surface area contributed by atoms with Gasteiger partial charge in [-0.1, -0.05) is 6.07 Å². The fraction of sp³-hybridized carbons (Fsp3) is 0.625. The molecule has 0 saturated carbocycles. The third-order valence-electron chi connectivity index (χ3n) is 6.58. The van der Waals surface area contributed by atoms with Crippen molar-refractivity contribution in [2.24, 2.45) is 5.41 Å². The van der Waals surface area contributed by atoms with Gasteiger partial charge in [0.15, 0.2) is 0 Å². The standard InChI is InChI=1S/C24H36N2OS/c1-7-27-17-24(11-10-22-14-18(2)20(4)28-22)12-13-26(16-24)23(5,6)21-9-8-19(3)25-15-21/h8-9,14-15H,7,10-13,16-17H2,1-6H3/t24-/m1/s1. The molecule has 3 rings (SSSR count). The molecule has 4 heteroatoms. The van der Waals surface area contributed by atoms with Crippen molar-refractivity contribution < 1.29 is 4.74 Å². The number of aryl methyl sites for hydroxylation is 4. The van der Waals surface area contributed by atoms with E-state index in [1.807, 2.05) is 18.3 Å². The maximum Gasteiger partial charge on any atom is 0.0535 e. The van der Waals surface area contributed by atoms with Gasteiger partial charge in [0, 0.05) is 45.8 Å². The van der Waals surface area contributed by atoms with Crippen LogP contribution in [0.1, 0.15) is 60.2 Å². The maximum atomic E-state index is 5.98. The molecule has 2 aromatic rings. The molecule has 0 aromatic carbocycles. The Morgan fingerprint density at radius 3 is 2.64 bits per heavy atom. The predicted molar refractivity (Wildman–Crippen MR) is 119 cm³/mol. The highest BCUT2D eigenvalue weighted by Crippen LogP contribution is 2.42. The fourth-order valence-electron chi connectivity index (χ4n) is 4.30. The summed E-state index contributed by atoms with van der Waals surface area (Å²) in [5, 5.41) is 0. The lowest BCUT2D eigenvalue weighted by atomic mass is 9.82. The maximum absolute atomic E-state index is 5.98. The summed E-state index contributed by atoms with van der Waals surface area (Å²) in [6.45, 7) is 17.2. The molecule has 3 nitrogen and oxygen atoms in total. The van der Waals surface area contributed by atoms with Gasteiger partial charge in [-0.15, -0.1) is 11.3 Å². The van der Waals surface area contributed by atoms with E-state index in [9.17, 15) is 0 Å². The quantitative estimate of drug-likeness (QED) is 0.571. The van der Waals surface area contributed by atoms with Crippen molar-refractivity contribution in [1.29, 1.82) is 0 Å². The molecule has 28 heavy (non-hydrogen) atoms. The Morgan fingerprint density at radius 2 is 2.04 bits per heavy atom. The largest absolute Gasteiger partial charge is 0.381 e. The van der Waals surface area contributed by atoms with Gasteiger partial charge in [-0.05, 0) is 90.6 Å². The summed E-state index contributed by atoms with van der Waals surface area (Å²) in [5.74, 6) is 0. The van der Waals surface area contributed by atoms with E-state index in [2.05, 4.69) is 68.9 Å². The fourth-order valence-corrected chi connectivity index (χ4v) is 5.35. The van der Waals surface area contributed by atoms with Gasteiger partial charge in [-0.3, -0.25) is 9.88 Å². The van der Waals surface area contributed by atoms with Crippen LogP contribution in [0.3, 0.4) is 0 Å². The van der Waals surface area contributed by atoms with Crippen LogP contribution in [0, 0.1) is 26.2 Å².